The number of aryl methyl sites for hydroxylation is 2. The third-order valence-electron chi connectivity index (χ3n) is 13.3. The van der Waals surface area contributed by atoms with Crippen molar-refractivity contribution in [2.24, 2.45) is 0 Å². The molecule has 0 bridgehead atoms. The number of hydrogen-bond donors (Lipinski definition) is 0. The van der Waals surface area contributed by atoms with E-state index in [1.54, 1.807) is 0 Å². The van der Waals surface area contributed by atoms with Gasteiger partial charge in [0.2, 0.25) is 0 Å². The molecular weight excluding hydrogens is 793 g/mol. The number of furan rings is 1. The molecule has 4 heterocycles. The number of para-hydroxylation sites is 3. The van der Waals surface area contributed by atoms with Crippen LogP contribution in [0.25, 0.3) is 105 Å². The molecule has 0 N–H and O–H groups in total. The summed E-state index contributed by atoms with van der Waals surface area (Å²) < 4.78 is 13.5. The highest BCUT2D eigenvalue weighted by Crippen LogP contribution is 2.40. The summed E-state index contributed by atoms with van der Waals surface area (Å²) in [6.07, 6.45) is 4.79. The van der Waals surface area contributed by atoms with Crippen molar-refractivity contribution in [1.29, 1.82) is 0 Å². The van der Waals surface area contributed by atoms with Gasteiger partial charge in [0.05, 0.1) is 27.8 Å². The van der Waals surface area contributed by atoms with Crippen molar-refractivity contribution >= 4 is 65.6 Å². The van der Waals surface area contributed by atoms with E-state index in [1.807, 2.05) is 12.3 Å². The first-order valence-electron chi connectivity index (χ1n) is 22.3. The molecule has 0 aliphatic rings. The molecule has 13 rings (SSSR count). The lowest BCUT2D eigenvalue weighted by molar-refractivity contribution is 0.669. The fourth-order valence-corrected chi connectivity index (χ4v) is 10.5. The number of imidazole rings is 1. The van der Waals surface area contributed by atoms with Crippen molar-refractivity contribution in [3.05, 3.63) is 229 Å². The van der Waals surface area contributed by atoms with Gasteiger partial charge in [0.25, 0.3) is 0 Å². The second-order valence-corrected chi connectivity index (χ2v) is 17.4. The Hall–Kier alpha value is -8.41. The Morgan fingerprint density at radius 3 is 1.69 bits per heavy atom. The highest BCUT2D eigenvalue weighted by molar-refractivity contribution is 6.13. The summed E-state index contributed by atoms with van der Waals surface area (Å²) in [7, 11) is 0. The van der Waals surface area contributed by atoms with Crippen LogP contribution in [-0.4, -0.2) is 18.7 Å². The summed E-state index contributed by atoms with van der Waals surface area (Å²) in [5, 5.41) is 7.18. The molecule has 0 radical (unpaired) electrons. The van der Waals surface area contributed by atoms with Crippen LogP contribution in [0.2, 0.25) is 0 Å². The van der Waals surface area contributed by atoms with Gasteiger partial charge in [-0.2, -0.15) is 0 Å². The average molecular weight is 835 g/mol. The van der Waals surface area contributed by atoms with Crippen molar-refractivity contribution in [1.82, 2.24) is 18.7 Å². The smallest absolute Gasteiger partial charge is 0.144 e. The summed E-state index contributed by atoms with van der Waals surface area (Å²) >= 11 is 0. The SMILES string of the molecule is Cc1cc(Cc2ccc3c(c2)c2cc(-c4ccc5oc6ccc(-n7c8ccccc8c8ccccc87)cc6c5c4)ccc2n3-c2ccccc2)cc(C)c1-n1ccnc1-c1ccccc1. The van der Waals surface area contributed by atoms with Crippen molar-refractivity contribution in [3.63, 3.8) is 0 Å². The maximum absolute atomic E-state index is 6.48. The molecule has 0 unspecified atom stereocenters. The zero-order chi connectivity index (χ0) is 43.2. The van der Waals surface area contributed by atoms with Crippen molar-refractivity contribution in [2.75, 3.05) is 0 Å². The molecule has 13 aromatic rings. The van der Waals surface area contributed by atoms with Crippen LogP contribution in [0.5, 0.6) is 0 Å². The zero-order valence-electron chi connectivity index (χ0n) is 36.0. The van der Waals surface area contributed by atoms with E-state index in [-0.39, 0.29) is 0 Å². The molecule has 0 amide bonds. The number of hydrogen-bond acceptors (Lipinski definition) is 2. The van der Waals surface area contributed by atoms with E-state index in [9.17, 15) is 0 Å². The van der Waals surface area contributed by atoms with Crippen molar-refractivity contribution < 1.29 is 4.42 Å². The Morgan fingerprint density at radius 2 is 0.969 bits per heavy atom. The van der Waals surface area contributed by atoms with Crippen LogP contribution in [0.3, 0.4) is 0 Å². The van der Waals surface area contributed by atoms with Gasteiger partial charge in [0.1, 0.15) is 17.0 Å². The quantitative estimate of drug-likeness (QED) is 0.160. The lowest BCUT2D eigenvalue weighted by Crippen LogP contribution is -2.03. The fourth-order valence-electron chi connectivity index (χ4n) is 10.5. The van der Waals surface area contributed by atoms with Crippen molar-refractivity contribution in [3.8, 4) is 39.6 Å². The number of benzene rings is 9. The van der Waals surface area contributed by atoms with Gasteiger partial charge >= 0.3 is 0 Å². The molecule has 0 saturated carbocycles. The normalized spacial score (nSPS) is 11.9. The zero-order valence-corrected chi connectivity index (χ0v) is 36.0. The first-order chi connectivity index (χ1) is 32.0. The van der Waals surface area contributed by atoms with E-state index in [0.717, 1.165) is 56.7 Å². The van der Waals surface area contributed by atoms with E-state index in [1.165, 1.54) is 77.1 Å². The molecule has 0 spiro atoms. The molecule has 0 aliphatic heterocycles. The molecule has 4 aromatic heterocycles. The van der Waals surface area contributed by atoms with E-state index in [0.29, 0.717) is 0 Å². The van der Waals surface area contributed by atoms with Gasteiger partial charge in [-0.15, -0.1) is 0 Å². The predicted octanol–water partition coefficient (Wildman–Crippen LogP) is 15.5. The summed E-state index contributed by atoms with van der Waals surface area (Å²) in [4.78, 5) is 4.75. The monoisotopic (exact) mass is 834 g/mol. The molecule has 0 atom stereocenters. The Labute approximate surface area is 375 Å². The van der Waals surface area contributed by atoms with E-state index < -0.39 is 0 Å². The minimum atomic E-state index is 0.825. The third-order valence-corrected chi connectivity index (χ3v) is 13.3. The molecule has 5 nitrogen and oxygen atoms in total. The van der Waals surface area contributed by atoms with Crippen LogP contribution in [0, 0.1) is 13.8 Å². The molecule has 9 aromatic carbocycles. The summed E-state index contributed by atoms with van der Waals surface area (Å²) in [5.41, 5.74) is 18.4. The number of rotatable bonds is 7. The summed E-state index contributed by atoms with van der Waals surface area (Å²) in [6, 6.07) is 70.3. The maximum atomic E-state index is 6.48. The number of nitrogens with zero attached hydrogens (tertiary/aromatic N) is 4. The van der Waals surface area contributed by atoms with Crippen LogP contribution in [-0.2, 0) is 6.42 Å². The standard InChI is InChI=1S/C60H42N4O/c1-38-31-41(32-39(2)59(38)62-30-29-61-60(62)42-13-5-3-6-14-42)33-40-21-25-55-49(34-40)50-35-43(22-26-56(50)63(55)45-15-7-4-8-16-45)44-23-27-57-51(36-44)52-37-46(24-28-58(52)65-57)64-53-19-11-9-17-47(53)48-18-10-12-20-54(48)64/h3-32,34-37H,33H2,1-2H3. The number of fused-ring (bicyclic) bond motifs is 9. The highest BCUT2D eigenvalue weighted by atomic mass is 16.3. The number of aromatic nitrogens is 4. The topological polar surface area (TPSA) is 40.8 Å². The van der Waals surface area contributed by atoms with Gasteiger partial charge < -0.3 is 13.6 Å². The largest absolute Gasteiger partial charge is 0.456 e. The second kappa shape index (κ2) is 14.6. The maximum Gasteiger partial charge on any atom is 0.144 e. The summed E-state index contributed by atoms with van der Waals surface area (Å²) in [6.45, 7) is 4.43. The van der Waals surface area contributed by atoms with Crippen LogP contribution < -0.4 is 0 Å². The average Bonchev–Trinajstić information content (AvgIpc) is 4.13. The second-order valence-electron chi connectivity index (χ2n) is 17.4. The van der Waals surface area contributed by atoms with Gasteiger partial charge in [0, 0.05) is 61.6 Å². The Morgan fingerprint density at radius 1 is 0.415 bits per heavy atom. The first-order valence-corrected chi connectivity index (χ1v) is 22.3. The minimum Gasteiger partial charge on any atom is -0.456 e. The summed E-state index contributed by atoms with van der Waals surface area (Å²) in [5.74, 6) is 0.951. The third kappa shape index (κ3) is 5.97. The van der Waals surface area contributed by atoms with Crippen LogP contribution in [0.4, 0.5) is 0 Å². The highest BCUT2D eigenvalue weighted by Gasteiger charge is 2.19. The molecule has 65 heavy (non-hydrogen) atoms. The van der Waals surface area contributed by atoms with E-state index >= 15 is 0 Å². The van der Waals surface area contributed by atoms with Gasteiger partial charge in [0.15, 0.2) is 0 Å². The predicted molar refractivity (Wildman–Crippen MR) is 269 cm³/mol. The van der Waals surface area contributed by atoms with Gasteiger partial charge in [-0.05, 0) is 133 Å². The molecule has 0 saturated heterocycles. The first kappa shape index (κ1) is 37.2. The Bertz CT molecular complexity index is 3920. The van der Waals surface area contributed by atoms with Gasteiger partial charge in [-0.3, -0.25) is 4.57 Å². The molecule has 0 fully saturated rings. The van der Waals surface area contributed by atoms with Gasteiger partial charge in [-0.1, -0.05) is 115 Å². The van der Waals surface area contributed by atoms with Crippen LogP contribution in [0.15, 0.2) is 211 Å². The van der Waals surface area contributed by atoms with Crippen molar-refractivity contribution in [2.45, 2.75) is 20.3 Å². The van der Waals surface area contributed by atoms with E-state index in [4.69, 9.17) is 9.40 Å². The Balaban J connectivity index is 0.910. The lowest BCUT2D eigenvalue weighted by atomic mass is 9.97. The molecule has 5 heteroatoms. The van der Waals surface area contributed by atoms with Crippen LogP contribution in [0.1, 0.15) is 22.3 Å². The van der Waals surface area contributed by atoms with E-state index in [2.05, 4.69) is 222 Å². The molecule has 308 valence electrons. The van der Waals surface area contributed by atoms with Gasteiger partial charge in [-0.25, -0.2) is 4.98 Å². The minimum absolute atomic E-state index is 0.825. The lowest BCUT2D eigenvalue weighted by Gasteiger charge is -2.16. The Kier molecular flexibility index (Phi) is 8.34. The fraction of sp³-hybridized carbons (Fsp3) is 0.0500. The van der Waals surface area contributed by atoms with Crippen LogP contribution >= 0.6 is 0 Å². The molecular formula is C60H42N4O. The molecule has 0 aliphatic carbocycles.